The quantitative estimate of drug-likeness (QED) is 0.858. The summed E-state index contributed by atoms with van der Waals surface area (Å²) < 4.78 is 4.84. The molecule has 0 spiro atoms. The molecule has 1 aliphatic rings. The molecule has 7 nitrogen and oxygen atoms in total. The van der Waals surface area contributed by atoms with E-state index in [1.54, 1.807) is 4.90 Å². The summed E-state index contributed by atoms with van der Waals surface area (Å²) in [6.45, 7) is 0.567. The molecule has 3 rings (SSSR count). The Kier molecular flexibility index (Phi) is 4.06. The number of hydrogen-bond acceptors (Lipinski definition) is 4. The number of hydrogen-bond donors (Lipinski definition) is 2. The number of nitrogens with zero attached hydrogens (tertiary/aromatic N) is 2. The first-order valence-electron chi connectivity index (χ1n) is 7.15. The maximum atomic E-state index is 12.0. The number of para-hydroxylation sites is 2. The second-order valence-electron chi connectivity index (χ2n) is 5.35. The highest BCUT2D eigenvalue weighted by Crippen LogP contribution is 2.26. The average molecular weight is 303 g/mol. The molecular formula is C15H17N3O4. The molecule has 1 unspecified atom stereocenters. The average Bonchev–Trinajstić information content (AvgIpc) is 3.13. The summed E-state index contributed by atoms with van der Waals surface area (Å²) >= 11 is 0. The van der Waals surface area contributed by atoms with Crippen LogP contribution in [0, 0.1) is 0 Å². The van der Waals surface area contributed by atoms with Gasteiger partial charge in [0.2, 0.25) is 5.91 Å². The van der Waals surface area contributed by atoms with Gasteiger partial charge in [-0.2, -0.15) is 0 Å². The molecule has 7 heteroatoms. The zero-order chi connectivity index (χ0) is 15.5. The molecule has 1 aromatic carbocycles. The molecule has 1 aromatic heterocycles. The largest absolute Gasteiger partial charge is 0.480 e. The Morgan fingerprint density at radius 3 is 2.95 bits per heavy atom. The van der Waals surface area contributed by atoms with Crippen LogP contribution in [0.5, 0.6) is 0 Å². The van der Waals surface area contributed by atoms with E-state index >= 15 is 0 Å². The van der Waals surface area contributed by atoms with E-state index in [1.165, 1.54) is 0 Å². The Morgan fingerprint density at radius 1 is 1.36 bits per heavy atom. The van der Waals surface area contributed by atoms with E-state index in [4.69, 9.17) is 9.84 Å². The van der Waals surface area contributed by atoms with Gasteiger partial charge < -0.3 is 19.7 Å². The van der Waals surface area contributed by atoms with Crippen molar-refractivity contribution in [1.82, 2.24) is 14.9 Å². The lowest BCUT2D eigenvalue weighted by Crippen LogP contribution is -2.32. The fourth-order valence-corrected chi connectivity index (χ4v) is 2.69. The first-order valence-corrected chi connectivity index (χ1v) is 7.15. The fourth-order valence-electron chi connectivity index (χ4n) is 2.69. The Labute approximate surface area is 126 Å². The van der Waals surface area contributed by atoms with Crippen molar-refractivity contribution in [2.75, 3.05) is 26.3 Å². The van der Waals surface area contributed by atoms with E-state index in [0.29, 0.717) is 13.1 Å². The van der Waals surface area contributed by atoms with Crippen LogP contribution in [0.15, 0.2) is 24.3 Å². The van der Waals surface area contributed by atoms with E-state index in [2.05, 4.69) is 9.97 Å². The van der Waals surface area contributed by atoms with Crippen molar-refractivity contribution in [2.24, 2.45) is 0 Å². The molecule has 1 amide bonds. The van der Waals surface area contributed by atoms with Gasteiger partial charge >= 0.3 is 5.97 Å². The summed E-state index contributed by atoms with van der Waals surface area (Å²) in [7, 11) is 0. The Bertz CT molecular complexity index is 664. The van der Waals surface area contributed by atoms with Crippen molar-refractivity contribution in [3.05, 3.63) is 30.1 Å². The number of benzene rings is 1. The lowest BCUT2D eigenvalue weighted by Gasteiger charge is -2.15. The van der Waals surface area contributed by atoms with Crippen LogP contribution in [0.1, 0.15) is 18.2 Å². The summed E-state index contributed by atoms with van der Waals surface area (Å²) in [4.78, 5) is 31.9. The topological polar surface area (TPSA) is 95.5 Å². The highest BCUT2D eigenvalue weighted by molar-refractivity contribution is 5.78. The highest BCUT2D eigenvalue weighted by atomic mass is 16.5. The zero-order valence-electron chi connectivity index (χ0n) is 12.0. The predicted octanol–water partition coefficient (Wildman–Crippen LogP) is 0.980. The third-order valence-electron chi connectivity index (χ3n) is 3.79. The maximum absolute atomic E-state index is 12.0. The van der Waals surface area contributed by atoms with Gasteiger partial charge in [0.1, 0.15) is 19.0 Å². The number of fused-ring (bicyclic) bond motifs is 1. The van der Waals surface area contributed by atoms with Crippen LogP contribution < -0.4 is 0 Å². The summed E-state index contributed by atoms with van der Waals surface area (Å²) in [5.74, 6) is -0.187. The van der Waals surface area contributed by atoms with Crippen LogP contribution >= 0.6 is 0 Å². The molecule has 0 radical (unpaired) electrons. The van der Waals surface area contributed by atoms with Gasteiger partial charge in [-0.05, 0) is 18.6 Å². The Hall–Kier alpha value is -2.41. The number of amides is 1. The minimum absolute atomic E-state index is 0.177. The molecule has 1 saturated heterocycles. The predicted molar refractivity (Wildman–Crippen MR) is 78.5 cm³/mol. The number of nitrogens with one attached hydrogen (secondary N) is 1. The van der Waals surface area contributed by atoms with Gasteiger partial charge in [-0.25, -0.2) is 9.78 Å². The summed E-state index contributed by atoms with van der Waals surface area (Å²) in [5.41, 5.74) is 1.92. The summed E-state index contributed by atoms with van der Waals surface area (Å²) in [6.07, 6.45) is 0.838. The molecule has 0 bridgehead atoms. The third kappa shape index (κ3) is 3.09. The third-order valence-corrected chi connectivity index (χ3v) is 3.79. The molecule has 2 heterocycles. The smallest absolute Gasteiger partial charge is 0.329 e. The Morgan fingerprint density at radius 2 is 2.18 bits per heavy atom. The molecule has 1 fully saturated rings. The van der Waals surface area contributed by atoms with Crippen LogP contribution in [-0.4, -0.2) is 58.2 Å². The minimum Gasteiger partial charge on any atom is -0.480 e. The van der Waals surface area contributed by atoms with E-state index in [1.807, 2.05) is 24.3 Å². The molecule has 0 saturated carbocycles. The van der Waals surface area contributed by atoms with Crippen molar-refractivity contribution in [1.29, 1.82) is 0 Å². The van der Waals surface area contributed by atoms with E-state index in [9.17, 15) is 9.59 Å². The molecule has 22 heavy (non-hydrogen) atoms. The second-order valence-corrected chi connectivity index (χ2v) is 5.35. The van der Waals surface area contributed by atoms with Crippen LogP contribution in [0.25, 0.3) is 11.0 Å². The summed E-state index contributed by atoms with van der Waals surface area (Å²) in [5, 5.41) is 8.49. The molecule has 2 aromatic rings. The van der Waals surface area contributed by atoms with Gasteiger partial charge in [0, 0.05) is 19.0 Å². The number of carboxylic acid groups (broad SMARTS) is 1. The molecule has 1 atom stereocenters. The van der Waals surface area contributed by atoms with Gasteiger partial charge in [-0.1, -0.05) is 12.1 Å². The lowest BCUT2D eigenvalue weighted by atomic mass is 10.1. The number of carboxylic acids is 1. The van der Waals surface area contributed by atoms with Crippen LogP contribution in [-0.2, 0) is 14.3 Å². The zero-order valence-corrected chi connectivity index (χ0v) is 12.0. The number of H-pyrrole nitrogens is 1. The van der Waals surface area contributed by atoms with Gasteiger partial charge in [-0.3, -0.25) is 4.79 Å². The molecule has 2 N–H and O–H groups in total. The maximum Gasteiger partial charge on any atom is 0.329 e. The van der Waals surface area contributed by atoms with Gasteiger partial charge in [0.15, 0.2) is 0 Å². The van der Waals surface area contributed by atoms with Gasteiger partial charge in [0.05, 0.1) is 11.0 Å². The number of aliphatic carboxylic acids is 1. The number of aromatic nitrogens is 2. The van der Waals surface area contributed by atoms with Crippen LogP contribution in [0.4, 0.5) is 0 Å². The molecule has 116 valence electrons. The number of imidazole rings is 1. The fraction of sp³-hybridized carbons (Fsp3) is 0.400. The number of carbonyl (C=O) groups excluding carboxylic acids is 1. The second kappa shape index (κ2) is 6.15. The van der Waals surface area contributed by atoms with Crippen molar-refractivity contribution in [2.45, 2.75) is 12.3 Å². The number of carbonyl (C=O) groups is 2. The van der Waals surface area contributed by atoms with E-state index < -0.39 is 12.6 Å². The van der Waals surface area contributed by atoms with E-state index in [0.717, 1.165) is 23.3 Å². The number of likely N-dealkylation sites (tertiary alicyclic amines) is 1. The highest BCUT2D eigenvalue weighted by Gasteiger charge is 2.29. The van der Waals surface area contributed by atoms with Gasteiger partial charge in [-0.15, -0.1) is 0 Å². The van der Waals surface area contributed by atoms with Crippen LogP contribution in [0.2, 0.25) is 0 Å². The monoisotopic (exact) mass is 303 g/mol. The molecule has 1 aliphatic heterocycles. The SMILES string of the molecule is O=C(O)COCC(=O)N1CCC(c2nc3ccccc3[nH]2)C1. The van der Waals surface area contributed by atoms with Gasteiger partial charge in [0.25, 0.3) is 0 Å². The van der Waals surface area contributed by atoms with E-state index in [-0.39, 0.29) is 18.4 Å². The normalized spacial score (nSPS) is 18.0. The number of rotatable bonds is 5. The lowest BCUT2D eigenvalue weighted by molar-refractivity contribution is -0.145. The number of ether oxygens (including phenoxy) is 1. The first kappa shape index (κ1) is 14.5. The Balaban J connectivity index is 1.59. The van der Waals surface area contributed by atoms with Crippen LogP contribution in [0.3, 0.4) is 0 Å². The molecule has 0 aliphatic carbocycles. The first-order chi connectivity index (χ1) is 10.6. The molecular weight excluding hydrogens is 286 g/mol. The van der Waals surface area contributed by atoms with Crippen molar-refractivity contribution < 1.29 is 19.4 Å². The van der Waals surface area contributed by atoms with Crippen molar-refractivity contribution >= 4 is 22.9 Å². The minimum atomic E-state index is -1.07. The van der Waals surface area contributed by atoms with Crippen molar-refractivity contribution in [3.63, 3.8) is 0 Å². The summed E-state index contributed by atoms with van der Waals surface area (Å²) in [6, 6.07) is 7.82. The van der Waals surface area contributed by atoms with Crippen molar-refractivity contribution in [3.8, 4) is 0 Å². The standard InChI is InChI=1S/C15H17N3O4/c19-13(8-22-9-14(20)21)18-6-5-10(7-18)15-16-11-3-1-2-4-12(11)17-15/h1-4,10H,5-9H2,(H,16,17)(H,20,21). The number of aromatic amines is 1.